The molecule has 0 radical (unpaired) electrons. The highest BCUT2D eigenvalue weighted by atomic mass is 127. The fourth-order valence-electron chi connectivity index (χ4n) is 1.47. The molecule has 0 bridgehead atoms. The van der Waals surface area contributed by atoms with Gasteiger partial charge < -0.3 is 10.2 Å². The lowest BCUT2D eigenvalue weighted by Crippen LogP contribution is -2.13. The van der Waals surface area contributed by atoms with Gasteiger partial charge >= 0.3 is 5.97 Å². The molecule has 5 heteroatoms. The zero-order valence-electron chi connectivity index (χ0n) is 8.49. The van der Waals surface area contributed by atoms with Crippen molar-refractivity contribution in [3.8, 4) is 0 Å². The van der Waals surface area contributed by atoms with Crippen molar-refractivity contribution in [1.82, 2.24) is 0 Å². The highest BCUT2D eigenvalue weighted by Gasteiger charge is 2.20. The lowest BCUT2D eigenvalue weighted by atomic mass is 9.99. The number of benzene rings is 1. The second-order valence-corrected chi connectivity index (χ2v) is 4.88. The standard InChI is InChI=1S/C11H12ClIO3/c12-6-2-4-7-8(10(14)11(15)16)3-1-5-9(7)13/h1,3,5,10,14H,2,4,6H2,(H,15,16). The Kier molecular flexibility index (Phi) is 5.51. The van der Waals surface area contributed by atoms with E-state index in [1.165, 1.54) is 0 Å². The van der Waals surface area contributed by atoms with E-state index in [1.54, 1.807) is 12.1 Å². The second-order valence-electron chi connectivity index (χ2n) is 3.34. The van der Waals surface area contributed by atoms with Crippen LogP contribution < -0.4 is 0 Å². The summed E-state index contributed by atoms with van der Waals surface area (Å²) in [6.45, 7) is 0. The van der Waals surface area contributed by atoms with Crippen molar-refractivity contribution in [2.75, 3.05) is 5.88 Å². The van der Waals surface area contributed by atoms with E-state index in [0.717, 1.165) is 15.6 Å². The van der Waals surface area contributed by atoms with Crippen LogP contribution in [0.25, 0.3) is 0 Å². The van der Waals surface area contributed by atoms with Crippen LogP contribution in [0.3, 0.4) is 0 Å². The average molecular weight is 355 g/mol. The molecule has 88 valence electrons. The summed E-state index contributed by atoms with van der Waals surface area (Å²) in [6, 6.07) is 5.28. The van der Waals surface area contributed by atoms with Gasteiger partial charge in [-0.1, -0.05) is 12.1 Å². The lowest BCUT2D eigenvalue weighted by Gasteiger charge is -2.13. The van der Waals surface area contributed by atoms with Crippen molar-refractivity contribution in [3.63, 3.8) is 0 Å². The van der Waals surface area contributed by atoms with E-state index in [2.05, 4.69) is 22.6 Å². The van der Waals surface area contributed by atoms with Crippen LogP contribution in [0.4, 0.5) is 0 Å². The molecule has 2 N–H and O–H groups in total. The first-order valence-corrected chi connectivity index (χ1v) is 6.43. The smallest absolute Gasteiger partial charge is 0.337 e. The van der Waals surface area contributed by atoms with Crippen LogP contribution in [-0.2, 0) is 11.2 Å². The van der Waals surface area contributed by atoms with Crippen molar-refractivity contribution in [1.29, 1.82) is 0 Å². The molecule has 1 rings (SSSR count). The van der Waals surface area contributed by atoms with E-state index in [-0.39, 0.29) is 0 Å². The van der Waals surface area contributed by atoms with Crippen LogP contribution in [-0.4, -0.2) is 22.1 Å². The van der Waals surface area contributed by atoms with Crippen molar-refractivity contribution < 1.29 is 15.0 Å². The summed E-state index contributed by atoms with van der Waals surface area (Å²) in [5, 5.41) is 18.4. The van der Waals surface area contributed by atoms with Crippen LogP contribution >= 0.6 is 34.2 Å². The normalized spacial score (nSPS) is 12.4. The summed E-state index contributed by atoms with van der Waals surface area (Å²) >= 11 is 7.75. The third-order valence-electron chi connectivity index (χ3n) is 2.24. The first-order valence-electron chi connectivity index (χ1n) is 4.82. The fourth-order valence-corrected chi connectivity index (χ4v) is 2.39. The highest BCUT2D eigenvalue weighted by molar-refractivity contribution is 14.1. The van der Waals surface area contributed by atoms with Crippen molar-refractivity contribution in [2.24, 2.45) is 0 Å². The number of rotatable bonds is 5. The maximum Gasteiger partial charge on any atom is 0.337 e. The third-order valence-corrected chi connectivity index (χ3v) is 3.52. The Morgan fingerprint density at radius 1 is 1.50 bits per heavy atom. The molecule has 16 heavy (non-hydrogen) atoms. The van der Waals surface area contributed by atoms with E-state index in [4.69, 9.17) is 16.7 Å². The van der Waals surface area contributed by atoms with E-state index in [1.807, 2.05) is 6.07 Å². The summed E-state index contributed by atoms with van der Waals surface area (Å²) < 4.78 is 0.959. The largest absolute Gasteiger partial charge is 0.479 e. The molecule has 0 fully saturated rings. The molecule has 0 saturated heterocycles. The number of carboxylic acids is 1. The number of carboxylic acid groups (broad SMARTS) is 1. The van der Waals surface area contributed by atoms with Gasteiger partial charge in [0.25, 0.3) is 0 Å². The summed E-state index contributed by atoms with van der Waals surface area (Å²) in [5.41, 5.74) is 1.34. The Hall–Kier alpha value is -0.330. The van der Waals surface area contributed by atoms with Crippen LogP contribution in [0.5, 0.6) is 0 Å². The van der Waals surface area contributed by atoms with Gasteiger partial charge in [0.1, 0.15) is 0 Å². The minimum Gasteiger partial charge on any atom is -0.479 e. The van der Waals surface area contributed by atoms with Crippen LogP contribution in [0.1, 0.15) is 23.7 Å². The Morgan fingerprint density at radius 3 is 2.75 bits per heavy atom. The van der Waals surface area contributed by atoms with Gasteiger partial charge in [-0.05, 0) is 52.6 Å². The van der Waals surface area contributed by atoms with Gasteiger partial charge in [0.15, 0.2) is 6.10 Å². The monoisotopic (exact) mass is 354 g/mol. The molecule has 1 aromatic rings. The van der Waals surface area contributed by atoms with Crippen molar-refractivity contribution >= 4 is 40.2 Å². The topological polar surface area (TPSA) is 57.5 Å². The van der Waals surface area contributed by atoms with Gasteiger partial charge in [0.05, 0.1) is 0 Å². The van der Waals surface area contributed by atoms with Gasteiger partial charge in [-0.3, -0.25) is 0 Å². The summed E-state index contributed by atoms with van der Waals surface area (Å²) in [7, 11) is 0. The number of aliphatic hydroxyl groups is 1. The maximum absolute atomic E-state index is 10.8. The predicted octanol–water partition coefficient (Wildman–Crippen LogP) is 2.58. The molecule has 3 nitrogen and oxygen atoms in total. The molecule has 0 aromatic heterocycles. The molecule has 0 aliphatic heterocycles. The van der Waals surface area contributed by atoms with Gasteiger partial charge in [-0.15, -0.1) is 11.6 Å². The number of alkyl halides is 1. The minimum absolute atomic E-state index is 0.463. The highest BCUT2D eigenvalue weighted by Crippen LogP contribution is 2.24. The minimum atomic E-state index is -1.46. The summed E-state index contributed by atoms with van der Waals surface area (Å²) in [6.07, 6.45) is -0.0107. The van der Waals surface area contributed by atoms with Crippen LogP contribution in [0.2, 0.25) is 0 Å². The molecule has 1 atom stereocenters. The molecular formula is C11H12ClIO3. The number of aliphatic carboxylic acids is 1. The molecule has 1 unspecified atom stereocenters. The average Bonchev–Trinajstić information content (AvgIpc) is 2.26. The Bertz CT molecular complexity index is 381. The van der Waals surface area contributed by atoms with Crippen LogP contribution in [0.15, 0.2) is 18.2 Å². The zero-order chi connectivity index (χ0) is 12.1. The zero-order valence-corrected chi connectivity index (χ0v) is 11.4. The molecule has 1 aromatic carbocycles. The maximum atomic E-state index is 10.8. The Labute approximate surface area is 113 Å². The Balaban J connectivity index is 3.06. The molecule has 0 heterocycles. The van der Waals surface area contributed by atoms with E-state index >= 15 is 0 Å². The van der Waals surface area contributed by atoms with Crippen molar-refractivity contribution in [2.45, 2.75) is 18.9 Å². The first-order chi connectivity index (χ1) is 7.57. The van der Waals surface area contributed by atoms with Crippen molar-refractivity contribution in [3.05, 3.63) is 32.9 Å². The van der Waals surface area contributed by atoms with E-state index < -0.39 is 12.1 Å². The van der Waals surface area contributed by atoms with Crippen LogP contribution in [0, 0.1) is 3.57 Å². The third kappa shape index (κ3) is 3.33. The molecule has 0 spiro atoms. The number of carbonyl (C=O) groups is 1. The molecule has 0 aliphatic carbocycles. The van der Waals surface area contributed by atoms with E-state index in [9.17, 15) is 9.90 Å². The van der Waals surface area contributed by atoms with Gasteiger partial charge in [-0.2, -0.15) is 0 Å². The molecule has 0 amide bonds. The van der Waals surface area contributed by atoms with Gasteiger partial charge in [-0.25, -0.2) is 4.79 Å². The number of hydrogen-bond acceptors (Lipinski definition) is 2. The number of halogens is 2. The van der Waals surface area contributed by atoms with Gasteiger partial charge in [0.2, 0.25) is 0 Å². The second kappa shape index (κ2) is 6.42. The molecular weight excluding hydrogens is 342 g/mol. The quantitative estimate of drug-likeness (QED) is 0.631. The number of hydrogen-bond donors (Lipinski definition) is 2. The SMILES string of the molecule is O=C(O)C(O)c1cccc(I)c1CCCCl. The van der Waals surface area contributed by atoms with Gasteiger partial charge in [0, 0.05) is 9.45 Å². The van der Waals surface area contributed by atoms with E-state index in [0.29, 0.717) is 17.9 Å². The number of aliphatic hydroxyl groups excluding tert-OH is 1. The summed E-state index contributed by atoms with van der Waals surface area (Å²) in [5.74, 6) is -0.706. The Morgan fingerprint density at radius 2 is 2.19 bits per heavy atom. The first kappa shape index (κ1) is 13.7. The fraction of sp³-hybridized carbons (Fsp3) is 0.364. The summed E-state index contributed by atoms with van der Waals surface area (Å²) in [4.78, 5) is 10.8. The molecule has 0 saturated carbocycles. The molecule has 0 aliphatic rings. The predicted molar refractivity (Wildman–Crippen MR) is 70.8 cm³/mol. The lowest BCUT2D eigenvalue weighted by molar-refractivity contribution is -0.147.